The van der Waals surface area contributed by atoms with Crippen molar-refractivity contribution >= 4 is 0 Å². The van der Waals surface area contributed by atoms with Crippen molar-refractivity contribution in [3.05, 3.63) is 54.1 Å². The minimum absolute atomic E-state index is 0.758. The van der Waals surface area contributed by atoms with Crippen molar-refractivity contribution < 1.29 is 9.47 Å². The van der Waals surface area contributed by atoms with Crippen LogP contribution in [0, 0.1) is 17.8 Å². The zero-order valence-corrected chi connectivity index (χ0v) is 23.1. The lowest BCUT2D eigenvalue weighted by Gasteiger charge is -2.37. The van der Waals surface area contributed by atoms with Crippen molar-refractivity contribution in [3.8, 4) is 16.9 Å². The van der Waals surface area contributed by atoms with Crippen molar-refractivity contribution in [1.29, 1.82) is 0 Å². The van der Waals surface area contributed by atoms with E-state index in [1.807, 2.05) is 0 Å². The Morgan fingerprint density at radius 2 is 1.14 bits per heavy atom. The SMILES string of the molecule is CCCCCOCCCCOc1ccc(-c2ccc(C3CCC(C4CCC(C)CC4)CC3)cc2)cc1. The average molecular weight is 491 g/mol. The standard InChI is InChI=1S/C34H50O2/c1-3-4-5-24-35-25-6-7-26-36-34-22-20-33(21-23-34)32-18-16-31(17-19-32)30-14-12-29(13-15-30)28-10-8-27(2)9-11-28/h16-23,27-30H,3-15,24-26H2,1-2H3. The van der Waals surface area contributed by atoms with Crippen molar-refractivity contribution in [1.82, 2.24) is 0 Å². The van der Waals surface area contributed by atoms with Crippen LogP contribution in [-0.2, 0) is 4.74 Å². The molecule has 0 heterocycles. The first-order valence-electron chi connectivity index (χ1n) is 15.1. The molecule has 2 aromatic carbocycles. The van der Waals surface area contributed by atoms with Crippen LogP contribution in [0.25, 0.3) is 11.1 Å². The van der Waals surface area contributed by atoms with Crippen LogP contribution in [0.3, 0.4) is 0 Å². The van der Waals surface area contributed by atoms with Crippen LogP contribution < -0.4 is 4.74 Å². The highest BCUT2D eigenvalue weighted by Crippen LogP contribution is 2.44. The maximum Gasteiger partial charge on any atom is 0.119 e. The summed E-state index contributed by atoms with van der Waals surface area (Å²) in [6.07, 6.45) is 17.4. The van der Waals surface area contributed by atoms with Crippen molar-refractivity contribution in [2.75, 3.05) is 19.8 Å². The molecule has 0 unspecified atom stereocenters. The van der Waals surface area contributed by atoms with E-state index >= 15 is 0 Å². The maximum absolute atomic E-state index is 5.94. The third kappa shape index (κ3) is 8.37. The zero-order valence-electron chi connectivity index (χ0n) is 23.1. The molecule has 0 saturated heterocycles. The molecule has 0 aliphatic heterocycles. The quantitative estimate of drug-likeness (QED) is 0.260. The summed E-state index contributed by atoms with van der Waals surface area (Å²) in [6, 6.07) is 18.0. The molecule has 0 radical (unpaired) electrons. The first kappa shape index (κ1) is 27.2. The second-order valence-electron chi connectivity index (χ2n) is 11.7. The van der Waals surface area contributed by atoms with Crippen LogP contribution in [0.4, 0.5) is 0 Å². The molecular formula is C34H50O2. The predicted molar refractivity (Wildman–Crippen MR) is 153 cm³/mol. The minimum atomic E-state index is 0.758. The van der Waals surface area contributed by atoms with Gasteiger partial charge in [-0.05, 0) is 110 Å². The zero-order chi connectivity index (χ0) is 25.0. The molecule has 0 spiro atoms. The molecule has 0 amide bonds. The highest BCUT2D eigenvalue weighted by atomic mass is 16.5. The van der Waals surface area contributed by atoms with Gasteiger partial charge in [0, 0.05) is 13.2 Å². The van der Waals surface area contributed by atoms with Gasteiger partial charge in [0.15, 0.2) is 0 Å². The normalized spacial score (nSPS) is 24.5. The maximum atomic E-state index is 5.94. The van der Waals surface area contributed by atoms with Crippen LogP contribution in [0.5, 0.6) is 5.75 Å². The molecule has 2 heteroatoms. The van der Waals surface area contributed by atoms with E-state index in [1.54, 1.807) is 5.56 Å². The van der Waals surface area contributed by atoms with Gasteiger partial charge in [0.1, 0.15) is 5.75 Å². The van der Waals surface area contributed by atoms with Gasteiger partial charge in [-0.25, -0.2) is 0 Å². The molecular weight excluding hydrogens is 440 g/mol. The number of benzene rings is 2. The average Bonchev–Trinajstić information content (AvgIpc) is 2.93. The Morgan fingerprint density at radius 3 is 1.75 bits per heavy atom. The van der Waals surface area contributed by atoms with Gasteiger partial charge in [-0.3, -0.25) is 0 Å². The van der Waals surface area contributed by atoms with Crippen LogP contribution in [0.1, 0.15) is 109 Å². The van der Waals surface area contributed by atoms with E-state index < -0.39 is 0 Å². The van der Waals surface area contributed by atoms with Gasteiger partial charge in [-0.1, -0.05) is 75.9 Å². The number of rotatable bonds is 13. The number of ether oxygens (including phenoxy) is 2. The summed E-state index contributed by atoms with van der Waals surface area (Å²) in [5, 5.41) is 0. The summed E-state index contributed by atoms with van der Waals surface area (Å²) in [5.41, 5.74) is 4.11. The Morgan fingerprint density at radius 1 is 0.611 bits per heavy atom. The molecule has 36 heavy (non-hydrogen) atoms. The summed E-state index contributed by atoms with van der Waals surface area (Å²) < 4.78 is 11.6. The third-order valence-electron chi connectivity index (χ3n) is 8.91. The van der Waals surface area contributed by atoms with E-state index in [4.69, 9.17) is 9.47 Å². The predicted octanol–water partition coefficient (Wildman–Crippen LogP) is 9.82. The Balaban J connectivity index is 1.16. The van der Waals surface area contributed by atoms with Crippen molar-refractivity contribution in [2.24, 2.45) is 17.8 Å². The van der Waals surface area contributed by atoms with Crippen LogP contribution in [0.15, 0.2) is 48.5 Å². The molecule has 2 aliphatic carbocycles. The molecule has 4 rings (SSSR count). The Labute approximate surface area is 221 Å². The molecule has 2 saturated carbocycles. The van der Waals surface area contributed by atoms with Crippen LogP contribution >= 0.6 is 0 Å². The second kappa shape index (κ2) is 14.8. The van der Waals surface area contributed by atoms with Gasteiger partial charge < -0.3 is 9.47 Å². The van der Waals surface area contributed by atoms with Crippen LogP contribution in [0.2, 0.25) is 0 Å². The highest BCUT2D eigenvalue weighted by molar-refractivity contribution is 5.64. The number of unbranched alkanes of at least 4 members (excludes halogenated alkanes) is 3. The van der Waals surface area contributed by atoms with Gasteiger partial charge in [0.25, 0.3) is 0 Å². The van der Waals surface area contributed by atoms with Crippen LogP contribution in [-0.4, -0.2) is 19.8 Å². The first-order valence-corrected chi connectivity index (χ1v) is 15.1. The molecule has 0 N–H and O–H groups in total. The fraction of sp³-hybridized carbons (Fsp3) is 0.647. The number of hydrogen-bond acceptors (Lipinski definition) is 2. The van der Waals surface area contributed by atoms with E-state index in [2.05, 4.69) is 62.4 Å². The Bertz CT molecular complexity index is 840. The van der Waals surface area contributed by atoms with E-state index in [-0.39, 0.29) is 0 Å². The summed E-state index contributed by atoms with van der Waals surface area (Å²) in [6.45, 7) is 7.17. The second-order valence-corrected chi connectivity index (χ2v) is 11.7. The minimum Gasteiger partial charge on any atom is -0.494 e. The molecule has 198 valence electrons. The molecule has 2 aliphatic rings. The lowest BCUT2D eigenvalue weighted by Crippen LogP contribution is -2.24. The van der Waals surface area contributed by atoms with Gasteiger partial charge >= 0.3 is 0 Å². The van der Waals surface area contributed by atoms with Gasteiger partial charge in [0.2, 0.25) is 0 Å². The van der Waals surface area contributed by atoms with Crippen molar-refractivity contribution in [2.45, 2.75) is 103 Å². The first-order chi connectivity index (χ1) is 17.7. The van der Waals surface area contributed by atoms with E-state index in [9.17, 15) is 0 Å². The summed E-state index contributed by atoms with van der Waals surface area (Å²) in [4.78, 5) is 0. The third-order valence-corrected chi connectivity index (χ3v) is 8.91. The number of hydrogen-bond donors (Lipinski definition) is 0. The van der Waals surface area contributed by atoms with Gasteiger partial charge in [-0.15, -0.1) is 0 Å². The molecule has 2 aromatic rings. The lowest BCUT2D eigenvalue weighted by molar-refractivity contribution is 0.123. The summed E-state index contributed by atoms with van der Waals surface area (Å²) in [5.74, 6) is 4.71. The lowest BCUT2D eigenvalue weighted by atomic mass is 9.68. The van der Waals surface area contributed by atoms with Gasteiger partial charge in [0.05, 0.1) is 6.61 Å². The Kier molecular flexibility index (Phi) is 11.2. The molecule has 2 fully saturated rings. The largest absolute Gasteiger partial charge is 0.494 e. The monoisotopic (exact) mass is 490 g/mol. The molecule has 0 aromatic heterocycles. The van der Waals surface area contributed by atoms with Crippen molar-refractivity contribution in [3.63, 3.8) is 0 Å². The van der Waals surface area contributed by atoms with Gasteiger partial charge in [-0.2, -0.15) is 0 Å². The molecule has 2 nitrogen and oxygen atoms in total. The topological polar surface area (TPSA) is 18.5 Å². The fourth-order valence-corrected chi connectivity index (χ4v) is 6.42. The van der Waals surface area contributed by atoms with E-state index in [0.717, 1.165) is 62.1 Å². The highest BCUT2D eigenvalue weighted by Gasteiger charge is 2.30. The van der Waals surface area contributed by atoms with E-state index in [0.29, 0.717) is 0 Å². The fourth-order valence-electron chi connectivity index (χ4n) is 6.42. The Hall–Kier alpha value is -1.80. The summed E-state index contributed by atoms with van der Waals surface area (Å²) in [7, 11) is 0. The smallest absolute Gasteiger partial charge is 0.119 e. The van der Waals surface area contributed by atoms with E-state index in [1.165, 1.54) is 81.8 Å². The summed E-state index contributed by atoms with van der Waals surface area (Å²) >= 11 is 0. The molecule has 0 bridgehead atoms. The molecule has 0 atom stereocenters.